The Morgan fingerprint density at radius 2 is 1.96 bits per heavy atom. The zero-order valence-electron chi connectivity index (χ0n) is 12.8. The summed E-state index contributed by atoms with van der Waals surface area (Å²) in [6.07, 6.45) is 0.891. The molecule has 0 fully saturated rings. The van der Waals surface area contributed by atoms with Gasteiger partial charge in [-0.05, 0) is 30.5 Å². The van der Waals surface area contributed by atoms with E-state index in [1.807, 2.05) is 0 Å². The van der Waals surface area contributed by atoms with Gasteiger partial charge in [0.25, 0.3) is 5.96 Å². The number of carbonyl (C=O) groups excluding carboxylic acids is 1. The number of hydrogen-bond acceptors (Lipinski definition) is 5. The summed E-state index contributed by atoms with van der Waals surface area (Å²) in [5.41, 5.74) is 11.8. The third-order valence-electron chi connectivity index (χ3n) is 2.93. The number of phenols is 1. The Morgan fingerprint density at radius 1 is 1.33 bits per heavy atom. The molecule has 0 spiro atoms. The van der Waals surface area contributed by atoms with Crippen molar-refractivity contribution in [1.29, 1.82) is 0 Å². The molecule has 0 heterocycles. The number of nitrogens with zero attached hydrogens (tertiary/aromatic N) is 2. The van der Waals surface area contributed by atoms with Crippen LogP contribution in [0.4, 0.5) is 0 Å². The second kappa shape index (κ2) is 11.0. The minimum atomic E-state index is -0.898. The number of nitro groups is 1. The fraction of sp³-hybridized carbons (Fsp3) is 0.385. The van der Waals surface area contributed by atoms with Gasteiger partial charge < -0.3 is 27.2 Å². The number of nitrogens with one attached hydrogen (secondary N) is 2. The molecule has 1 atom stereocenters. The highest BCUT2D eigenvalue weighted by molar-refractivity contribution is 5.85. The fourth-order valence-corrected chi connectivity index (χ4v) is 1.73. The molecule has 24 heavy (non-hydrogen) atoms. The standard InChI is InChI=1S/C13H20N6O4.ClH/c14-11(2-1-7-16-13(15)18-19(22)23)12(21)17-8-9-3-5-10(20)6-4-9;/h3-6,11,20H,1-2,7-8,14H2,(H,17,21)(H3,15,16,18);1H/t11-;/m1./s1. The number of halogens is 1. The number of benzene rings is 1. The number of guanidine groups is 1. The van der Waals surface area contributed by atoms with Crippen LogP contribution in [0.5, 0.6) is 5.75 Å². The number of aromatic hydroxyl groups is 1. The first-order valence-electron chi connectivity index (χ1n) is 6.92. The van der Waals surface area contributed by atoms with E-state index in [4.69, 9.17) is 16.6 Å². The predicted octanol–water partition coefficient (Wildman–Crippen LogP) is -0.366. The lowest BCUT2D eigenvalue weighted by Gasteiger charge is -2.12. The largest absolute Gasteiger partial charge is 0.508 e. The maximum absolute atomic E-state index is 11.8. The Morgan fingerprint density at radius 3 is 2.54 bits per heavy atom. The normalized spacial score (nSPS) is 12.0. The Kier molecular flexibility index (Phi) is 9.83. The van der Waals surface area contributed by atoms with Gasteiger partial charge in [0, 0.05) is 13.1 Å². The number of nitrogens with two attached hydrogens (primary N) is 2. The summed E-state index contributed by atoms with van der Waals surface area (Å²) in [6, 6.07) is 5.77. The second-order valence-electron chi connectivity index (χ2n) is 4.78. The zero-order valence-corrected chi connectivity index (χ0v) is 13.7. The number of hydrogen-bond donors (Lipinski definition) is 5. The van der Waals surface area contributed by atoms with Crippen molar-refractivity contribution in [3.05, 3.63) is 39.9 Å². The first-order chi connectivity index (χ1) is 10.9. The lowest BCUT2D eigenvalue weighted by Crippen LogP contribution is -2.41. The molecule has 0 bridgehead atoms. The van der Waals surface area contributed by atoms with Gasteiger partial charge in [0.1, 0.15) is 10.9 Å². The molecule has 10 nitrogen and oxygen atoms in total. The van der Waals surface area contributed by atoms with E-state index in [1.165, 1.54) is 12.1 Å². The van der Waals surface area contributed by atoms with Gasteiger partial charge in [-0.3, -0.25) is 4.79 Å². The van der Waals surface area contributed by atoms with Crippen LogP contribution in [-0.4, -0.2) is 34.6 Å². The smallest absolute Gasteiger partial charge is 0.266 e. The Balaban J connectivity index is 0.00000529. The summed E-state index contributed by atoms with van der Waals surface area (Å²) >= 11 is 0. The maximum atomic E-state index is 11.8. The van der Waals surface area contributed by atoms with E-state index in [0.29, 0.717) is 25.9 Å². The molecule has 0 aliphatic carbocycles. The molecule has 0 unspecified atom stereocenters. The summed E-state index contributed by atoms with van der Waals surface area (Å²) in [4.78, 5) is 21.9. The van der Waals surface area contributed by atoms with Gasteiger partial charge in [-0.25, -0.2) is 10.1 Å². The van der Waals surface area contributed by atoms with E-state index in [2.05, 4.69) is 15.7 Å². The van der Waals surface area contributed by atoms with Crippen LogP contribution in [0.25, 0.3) is 0 Å². The van der Waals surface area contributed by atoms with E-state index in [-0.39, 0.29) is 30.0 Å². The van der Waals surface area contributed by atoms with E-state index in [0.717, 1.165) is 5.56 Å². The molecule has 7 N–H and O–H groups in total. The minimum absolute atomic E-state index is 0. The molecular formula is C13H21ClN6O4. The molecule has 0 aromatic heterocycles. The monoisotopic (exact) mass is 360 g/mol. The molecule has 0 saturated carbocycles. The van der Waals surface area contributed by atoms with Crippen LogP contribution in [0.3, 0.4) is 0 Å². The third-order valence-corrected chi connectivity index (χ3v) is 2.93. The molecule has 1 rings (SSSR count). The molecule has 0 aliphatic rings. The number of carbonyl (C=O) groups is 1. The first kappa shape index (κ1) is 21.4. The average Bonchev–Trinajstić information content (AvgIpc) is 2.49. The highest BCUT2D eigenvalue weighted by atomic mass is 35.5. The summed E-state index contributed by atoms with van der Waals surface area (Å²) in [6.45, 7) is 0.635. The van der Waals surface area contributed by atoms with Crippen molar-refractivity contribution >= 4 is 24.3 Å². The van der Waals surface area contributed by atoms with Crippen LogP contribution < -0.4 is 22.1 Å². The van der Waals surface area contributed by atoms with E-state index >= 15 is 0 Å². The van der Waals surface area contributed by atoms with Crippen LogP contribution in [-0.2, 0) is 11.3 Å². The number of rotatable bonds is 8. The number of hydrazone groups is 1. The Hall–Kier alpha value is -2.59. The highest BCUT2D eigenvalue weighted by Crippen LogP contribution is 2.09. The van der Waals surface area contributed by atoms with Gasteiger partial charge in [0.15, 0.2) is 5.03 Å². The lowest BCUT2D eigenvalue weighted by molar-refractivity contribution is -0.485. The van der Waals surface area contributed by atoms with E-state index < -0.39 is 11.1 Å². The van der Waals surface area contributed by atoms with E-state index in [9.17, 15) is 14.9 Å². The van der Waals surface area contributed by atoms with Gasteiger partial charge in [-0.2, -0.15) is 0 Å². The van der Waals surface area contributed by atoms with E-state index in [1.54, 1.807) is 12.1 Å². The van der Waals surface area contributed by atoms with Crippen LogP contribution in [0.1, 0.15) is 18.4 Å². The van der Waals surface area contributed by atoms with Crippen molar-refractivity contribution in [1.82, 2.24) is 10.6 Å². The van der Waals surface area contributed by atoms with Gasteiger partial charge >= 0.3 is 0 Å². The first-order valence-corrected chi connectivity index (χ1v) is 6.92. The Labute approximate surface area is 144 Å². The average molecular weight is 361 g/mol. The molecule has 1 amide bonds. The third kappa shape index (κ3) is 8.76. The van der Waals surface area contributed by atoms with Crippen LogP contribution in [0, 0.1) is 10.1 Å². The summed E-state index contributed by atoms with van der Waals surface area (Å²) in [5.74, 6) is -0.436. The molecule has 1 aromatic carbocycles. The molecule has 0 saturated heterocycles. The van der Waals surface area contributed by atoms with Crippen molar-refractivity contribution in [2.45, 2.75) is 25.4 Å². The van der Waals surface area contributed by atoms with Crippen molar-refractivity contribution < 1.29 is 14.9 Å². The number of amides is 1. The lowest BCUT2D eigenvalue weighted by atomic mass is 10.1. The highest BCUT2D eigenvalue weighted by Gasteiger charge is 2.12. The van der Waals surface area contributed by atoms with Gasteiger partial charge in [0.05, 0.1) is 6.04 Å². The minimum Gasteiger partial charge on any atom is -0.508 e. The molecule has 1 aromatic rings. The van der Waals surface area contributed by atoms with Gasteiger partial charge in [0.2, 0.25) is 5.91 Å². The summed E-state index contributed by atoms with van der Waals surface area (Å²) in [5, 5.41) is 26.4. The molecule has 134 valence electrons. The SMILES string of the molecule is Cl.NC(=N[N+](=O)[O-])NCCC[C@@H](N)C(=O)NCc1ccc(O)cc1. The predicted molar refractivity (Wildman–Crippen MR) is 91.0 cm³/mol. The molecule has 0 aliphatic heterocycles. The summed E-state index contributed by atoms with van der Waals surface area (Å²) in [7, 11) is 0. The summed E-state index contributed by atoms with van der Waals surface area (Å²) < 4.78 is 0. The van der Waals surface area contributed by atoms with Crippen molar-refractivity contribution in [3.63, 3.8) is 0 Å². The molecular weight excluding hydrogens is 340 g/mol. The van der Waals surface area contributed by atoms with Crippen molar-refractivity contribution in [2.24, 2.45) is 16.6 Å². The maximum Gasteiger partial charge on any atom is 0.266 e. The molecule has 11 heteroatoms. The van der Waals surface area contributed by atoms with Gasteiger partial charge in [-0.15, -0.1) is 12.4 Å². The number of phenolic OH excluding ortho intramolecular Hbond substituents is 1. The second-order valence-corrected chi connectivity index (χ2v) is 4.78. The zero-order chi connectivity index (χ0) is 17.2. The molecule has 0 radical (unpaired) electrons. The van der Waals surface area contributed by atoms with Gasteiger partial charge in [-0.1, -0.05) is 12.1 Å². The van der Waals surface area contributed by atoms with Crippen molar-refractivity contribution in [2.75, 3.05) is 6.54 Å². The quantitative estimate of drug-likeness (QED) is 0.138. The van der Waals surface area contributed by atoms with Crippen LogP contribution in [0.15, 0.2) is 29.4 Å². The van der Waals surface area contributed by atoms with Crippen LogP contribution in [0.2, 0.25) is 0 Å². The topological polar surface area (TPSA) is 169 Å². The Bertz CT molecular complexity index is 566. The van der Waals surface area contributed by atoms with Crippen LogP contribution >= 0.6 is 12.4 Å². The fourth-order valence-electron chi connectivity index (χ4n) is 1.73. The van der Waals surface area contributed by atoms with Crippen molar-refractivity contribution in [3.8, 4) is 5.75 Å².